The lowest BCUT2D eigenvalue weighted by molar-refractivity contribution is 0.863. The summed E-state index contributed by atoms with van der Waals surface area (Å²) in [5.41, 5.74) is 0. The van der Waals surface area contributed by atoms with E-state index in [9.17, 15) is 0 Å². The van der Waals surface area contributed by atoms with Crippen LogP contribution in [0.25, 0.3) is 0 Å². The quantitative estimate of drug-likeness (QED) is 0.385. The van der Waals surface area contributed by atoms with Crippen LogP contribution in [0.1, 0.15) is 59.8 Å². The molecule has 0 saturated heterocycles. The third kappa shape index (κ3) is 10.5. The van der Waals surface area contributed by atoms with E-state index in [2.05, 4.69) is 27.7 Å². The highest BCUT2D eigenvalue weighted by Gasteiger charge is 2.08. The van der Waals surface area contributed by atoms with Crippen LogP contribution in [0.4, 0.5) is 0 Å². The fraction of sp³-hybridized carbons (Fsp3) is 1.00. The highest BCUT2D eigenvalue weighted by atomic mass is 31.1. The van der Waals surface area contributed by atoms with Crippen molar-refractivity contribution in [2.75, 3.05) is 37.0 Å². The van der Waals surface area contributed by atoms with Gasteiger partial charge in [0.25, 0.3) is 0 Å². The minimum absolute atomic E-state index is 0.397. The van der Waals surface area contributed by atoms with Gasteiger partial charge in [0.1, 0.15) is 0 Å². The van der Waals surface area contributed by atoms with Crippen LogP contribution in [-0.4, -0.2) is 37.0 Å². The van der Waals surface area contributed by atoms with E-state index < -0.39 is 0 Å². The van der Waals surface area contributed by atoms with Crippen LogP contribution in [0, 0.1) is 0 Å². The minimum atomic E-state index is 0.397. The molecule has 0 unspecified atom stereocenters. The van der Waals surface area contributed by atoms with Crippen molar-refractivity contribution in [1.29, 1.82) is 0 Å². The Balaban J connectivity index is 3.72. The van der Waals surface area contributed by atoms with Gasteiger partial charge in [-0.3, -0.25) is 0 Å². The van der Waals surface area contributed by atoms with E-state index in [0.717, 1.165) is 0 Å². The van der Waals surface area contributed by atoms with Gasteiger partial charge in [-0.15, -0.1) is 15.8 Å². The Kier molecular flexibility index (Phi) is 14.0. The zero-order valence-electron chi connectivity index (χ0n) is 12.7. The molecule has 0 bridgehead atoms. The van der Waals surface area contributed by atoms with Crippen LogP contribution in [-0.2, 0) is 0 Å². The SMILES string of the molecule is CCCCP(CCCC)CCCP(CC)CC. The van der Waals surface area contributed by atoms with Gasteiger partial charge in [-0.25, -0.2) is 0 Å². The Morgan fingerprint density at radius 3 is 1.35 bits per heavy atom. The maximum Gasteiger partial charge on any atom is -0.0323 e. The van der Waals surface area contributed by atoms with Gasteiger partial charge < -0.3 is 0 Å². The molecule has 0 rings (SSSR count). The molecule has 0 nitrogen and oxygen atoms in total. The standard InChI is InChI=1S/C15H34P2/c1-5-9-12-17(13-10-6-2)15-11-14-16(7-3)8-4/h5-15H2,1-4H3. The van der Waals surface area contributed by atoms with Crippen molar-refractivity contribution in [2.24, 2.45) is 0 Å². The second-order valence-corrected chi connectivity index (χ2v) is 10.7. The van der Waals surface area contributed by atoms with E-state index in [1.807, 2.05) is 0 Å². The molecule has 0 aliphatic carbocycles. The lowest BCUT2D eigenvalue weighted by Crippen LogP contribution is -1.99. The van der Waals surface area contributed by atoms with E-state index in [1.165, 1.54) is 44.4 Å². The van der Waals surface area contributed by atoms with Gasteiger partial charge in [0.2, 0.25) is 0 Å². The molecule has 0 aromatic heterocycles. The second kappa shape index (κ2) is 13.3. The molecule has 0 radical (unpaired) electrons. The predicted molar refractivity (Wildman–Crippen MR) is 88.8 cm³/mol. The summed E-state index contributed by atoms with van der Waals surface area (Å²) in [6.45, 7) is 9.43. The van der Waals surface area contributed by atoms with Gasteiger partial charge in [0, 0.05) is 0 Å². The number of unbranched alkanes of at least 4 members (excludes halogenated alkanes) is 2. The van der Waals surface area contributed by atoms with Crippen LogP contribution in [0.5, 0.6) is 0 Å². The molecular formula is C15H34P2. The number of hydrogen-bond donors (Lipinski definition) is 0. The molecule has 0 aromatic carbocycles. The molecule has 0 aliphatic rings. The molecule has 104 valence electrons. The van der Waals surface area contributed by atoms with Gasteiger partial charge >= 0.3 is 0 Å². The Labute approximate surface area is 113 Å². The highest BCUT2D eigenvalue weighted by Crippen LogP contribution is 2.41. The largest absolute Gasteiger partial charge is 0.107 e. The van der Waals surface area contributed by atoms with Crippen molar-refractivity contribution < 1.29 is 0 Å². The van der Waals surface area contributed by atoms with Crippen LogP contribution in [0.2, 0.25) is 0 Å². The van der Waals surface area contributed by atoms with Gasteiger partial charge in [0.15, 0.2) is 0 Å². The van der Waals surface area contributed by atoms with E-state index in [0.29, 0.717) is 15.8 Å². The van der Waals surface area contributed by atoms with E-state index in [4.69, 9.17) is 0 Å². The molecule has 0 amide bonds. The molecule has 0 fully saturated rings. The predicted octanol–water partition coefficient (Wildman–Crippen LogP) is 5.98. The third-order valence-corrected chi connectivity index (χ3v) is 9.08. The summed E-state index contributed by atoms with van der Waals surface area (Å²) in [5, 5.41) is 0. The molecule has 0 atom stereocenters. The highest BCUT2D eigenvalue weighted by molar-refractivity contribution is 7.58. The molecule has 0 N–H and O–H groups in total. The van der Waals surface area contributed by atoms with Gasteiger partial charge in [-0.1, -0.05) is 40.5 Å². The first-order chi connectivity index (χ1) is 8.28. The van der Waals surface area contributed by atoms with Crippen LogP contribution in [0.15, 0.2) is 0 Å². The minimum Gasteiger partial charge on any atom is -0.107 e. The summed E-state index contributed by atoms with van der Waals surface area (Å²) in [7, 11) is 0.795. The first kappa shape index (κ1) is 17.9. The van der Waals surface area contributed by atoms with Crippen molar-refractivity contribution >= 4 is 15.8 Å². The molecule has 0 saturated carbocycles. The van der Waals surface area contributed by atoms with Gasteiger partial charge in [-0.2, -0.15) is 0 Å². The van der Waals surface area contributed by atoms with E-state index in [1.54, 1.807) is 24.6 Å². The monoisotopic (exact) mass is 276 g/mol. The molecule has 0 spiro atoms. The van der Waals surface area contributed by atoms with Crippen LogP contribution < -0.4 is 0 Å². The fourth-order valence-corrected chi connectivity index (χ4v) is 6.89. The Morgan fingerprint density at radius 1 is 0.529 bits per heavy atom. The summed E-state index contributed by atoms with van der Waals surface area (Å²) >= 11 is 0. The van der Waals surface area contributed by atoms with Crippen molar-refractivity contribution in [3.05, 3.63) is 0 Å². The van der Waals surface area contributed by atoms with E-state index >= 15 is 0 Å². The van der Waals surface area contributed by atoms with Crippen molar-refractivity contribution in [3.63, 3.8) is 0 Å². The zero-order valence-corrected chi connectivity index (χ0v) is 14.5. The summed E-state index contributed by atoms with van der Waals surface area (Å²) in [4.78, 5) is 0. The fourth-order valence-electron chi connectivity index (χ4n) is 2.16. The number of hydrogen-bond acceptors (Lipinski definition) is 0. The van der Waals surface area contributed by atoms with Crippen molar-refractivity contribution in [2.45, 2.75) is 59.8 Å². The molecule has 0 aromatic rings. The molecular weight excluding hydrogens is 242 g/mol. The summed E-state index contributed by atoms with van der Waals surface area (Å²) in [5.74, 6) is 0. The van der Waals surface area contributed by atoms with Gasteiger partial charge in [-0.05, 0) is 56.2 Å². The lowest BCUT2D eigenvalue weighted by Gasteiger charge is -2.19. The normalized spacial score (nSPS) is 11.6. The topological polar surface area (TPSA) is 0 Å². The van der Waals surface area contributed by atoms with Gasteiger partial charge in [0.05, 0.1) is 0 Å². The second-order valence-electron chi connectivity index (χ2n) is 4.93. The molecule has 2 heteroatoms. The maximum absolute atomic E-state index is 2.38. The summed E-state index contributed by atoms with van der Waals surface area (Å²) in [6, 6.07) is 0. The average molecular weight is 276 g/mol. The molecule has 0 heterocycles. The summed E-state index contributed by atoms with van der Waals surface area (Å²) < 4.78 is 0. The smallest absolute Gasteiger partial charge is 0.0323 e. The van der Waals surface area contributed by atoms with Crippen LogP contribution >= 0.6 is 15.8 Å². The van der Waals surface area contributed by atoms with E-state index in [-0.39, 0.29) is 0 Å². The lowest BCUT2D eigenvalue weighted by atomic mass is 10.4. The van der Waals surface area contributed by atoms with Crippen molar-refractivity contribution in [3.8, 4) is 0 Å². The third-order valence-electron chi connectivity index (χ3n) is 3.50. The Morgan fingerprint density at radius 2 is 0.941 bits per heavy atom. The first-order valence-corrected chi connectivity index (χ1v) is 11.5. The Bertz CT molecular complexity index is 136. The first-order valence-electron chi connectivity index (χ1n) is 7.73. The average Bonchev–Trinajstić information content (AvgIpc) is 2.37. The maximum atomic E-state index is 2.38. The zero-order chi connectivity index (χ0) is 12.9. The Hall–Kier alpha value is 0.860. The van der Waals surface area contributed by atoms with Crippen LogP contribution in [0.3, 0.4) is 0 Å². The molecule has 17 heavy (non-hydrogen) atoms. The summed E-state index contributed by atoms with van der Waals surface area (Å²) in [6.07, 6.45) is 16.4. The number of rotatable bonds is 12. The van der Waals surface area contributed by atoms with Crippen molar-refractivity contribution in [1.82, 2.24) is 0 Å². The molecule has 0 aliphatic heterocycles.